The van der Waals surface area contributed by atoms with E-state index in [2.05, 4.69) is 5.32 Å². The van der Waals surface area contributed by atoms with Gasteiger partial charge in [-0.25, -0.2) is 4.79 Å². The predicted octanol–water partition coefficient (Wildman–Crippen LogP) is 5.36. The van der Waals surface area contributed by atoms with Gasteiger partial charge in [0.15, 0.2) is 6.10 Å². The Bertz CT molecular complexity index is 1040. The van der Waals surface area contributed by atoms with Gasteiger partial charge in [0, 0.05) is 16.1 Å². The van der Waals surface area contributed by atoms with Gasteiger partial charge in [-0.05, 0) is 36.6 Å². The largest absolute Gasteiger partial charge is 0.481 e. The van der Waals surface area contributed by atoms with E-state index in [-0.39, 0.29) is 18.5 Å². The number of fused-ring (bicyclic) bond motifs is 1. The van der Waals surface area contributed by atoms with Crippen molar-refractivity contribution in [3.05, 3.63) is 65.0 Å². The molecule has 4 N–H and O–H groups in total. The molecular formula is C24H27N3O3S. The molecule has 1 unspecified atom stereocenters. The molecule has 1 amide bonds. The van der Waals surface area contributed by atoms with Crippen molar-refractivity contribution < 1.29 is 14.3 Å². The molecule has 162 valence electrons. The Kier molecular flexibility index (Phi) is 6.72. The second-order valence-electron chi connectivity index (χ2n) is 7.79. The molecular weight excluding hydrogens is 410 g/mol. The van der Waals surface area contributed by atoms with Crippen LogP contribution in [0.2, 0.25) is 0 Å². The minimum atomic E-state index is -0.454. The van der Waals surface area contributed by atoms with Crippen LogP contribution in [0.25, 0.3) is 10.1 Å². The molecule has 0 saturated heterocycles. The Morgan fingerprint density at radius 3 is 2.65 bits per heavy atom. The molecule has 4 rings (SSSR count). The van der Waals surface area contributed by atoms with E-state index in [9.17, 15) is 4.79 Å². The summed E-state index contributed by atoms with van der Waals surface area (Å²) in [5.41, 5.74) is 6.59. The second kappa shape index (κ2) is 9.83. The maximum atomic E-state index is 12.4. The summed E-state index contributed by atoms with van der Waals surface area (Å²) in [6.45, 7) is 0.0999. The average Bonchev–Trinajstić information content (AvgIpc) is 3.24. The number of nitrogen functional groups attached to an aromatic ring is 1. The van der Waals surface area contributed by atoms with Crippen molar-refractivity contribution >= 4 is 33.4 Å². The first-order chi connectivity index (χ1) is 15.1. The SMILES string of the molecule is N=C(N)c1cc2c(OC(COC(=O)NC3CCCCC3)c3ccccc3)cccc2s1. The van der Waals surface area contributed by atoms with Gasteiger partial charge < -0.3 is 20.5 Å². The Morgan fingerprint density at radius 1 is 1.13 bits per heavy atom. The fraction of sp³-hybridized carbons (Fsp3) is 0.333. The lowest BCUT2D eigenvalue weighted by Gasteiger charge is -2.24. The van der Waals surface area contributed by atoms with Crippen LogP contribution in [-0.4, -0.2) is 24.6 Å². The van der Waals surface area contributed by atoms with Crippen LogP contribution in [0.4, 0.5) is 4.79 Å². The maximum absolute atomic E-state index is 12.4. The van der Waals surface area contributed by atoms with E-state index in [0.717, 1.165) is 41.3 Å². The fourth-order valence-electron chi connectivity index (χ4n) is 3.90. The number of nitrogens with one attached hydrogen (secondary N) is 2. The Labute approximate surface area is 185 Å². The molecule has 0 spiro atoms. The number of hydrogen-bond acceptors (Lipinski definition) is 5. The molecule has 7 heteroatoms. The number of hydrogen-bond donors (Lipinski definition) is 3. The number of amides is 1. The molecule has 1 fully saturated rings. The Hall–Kier alpha value is -3.06. The van der Waals surface area contributed by atoms with Crippen LogP contribution in [0.15, 0.2) is 54.6 Å². The van der Waals surface area contributed by atoms with Crippen molar-refractivity contribution in [2.45, 2.75) is 44.2 Å². The number of carbonyl (C=O) groups excluding carboxylic acids is 1. The number of thiophene rings is 1. The number of amidine groups is 1. The molecule has 1 heterocycles. The highest BCUT2D eigenvalue weighted by Gasteiger charge is 2.21. The monoisotopic (exact) mass is 437 g/mol. The summed E-state index contributed by atoms with van der Waals surface area (Å²) in [6.07, 6.45) is 4.69. The van der Waals surface area contributed by atoms with Gasteiger partial charge in [-0.3, -0.25) is 5.41 Å². The summed E-state index contributed by atoms with van der Waals surface area (Å²) >= 11 is 1.46. The Morgan fingerprint density at radius 2 is 1.90 bits per heavy atom. The summed E-state index contributed by atoms with van der Waals surface area (Å²) in [5.74, 6) is 0.709. The molecule has 0 aliphatic heterocycles. The number of nitrogens with two attached hydrogens (primary N) is 1. The summed E-state index contributed by atoms with van der Waals surface area (Å²) in [5, 5.41) is 11.6. The number of rotatable bonds is 7. The highest BCUT2D eigenvalue weighted by molar-refractivity contribution is 7.20. The van der Waals surface area contributed by atoms with Crippen molar-refractivity contribution in [1.82, 2.24) is 5.32 Å². The van der Waals surface area contributed by atoms with Gasteiger partial charge in [0.05, 0.1) is 4.88 Å². The van der Waals surface area contributed by atoms with Crippen molar-refractivity contribution in [1.29, 1.82) is 5.41 Å². The van der Waals surface area contributed by atoms with E-state index in [1.807, 2.05) is 54.6 Å². The zero-order valence-electron chi connectivity index (χ0n) is 17.3. The van der Waals surface area contributed by atoms with Crippen LogP contribution >= 0.6 is 11.3 Å². The maximum Gasteiger partial charge on any atom is 0.407 e. The van der Waals surface area contributed by atoms with Crippen LogP contribution in [0.1, 0.15) is 48.6 Å². The first-order valence-corrected chi connectivity index (χ1v) is 11.4. The minimum absolute atomic E-state index is 0.0366. The molecule has 1 aliphatic rings. The summed E-state index contributed by atoms with van der Waals surface area (Å²) in [7, 11) is 0. The van der Waals surface area contributed by atoms with Crippen LogP contribution in [0, 0.1) is 5.41 Å². The molecule has 1 saturated carbocycles. The van der Waals surface area contributed by atoms with Gasteiger partial charge in [-0.15, -0.1) is 11.3 Å². The number of carbonyl (C=O) groups is 1. The number of ether oxygens (including phenoxy) is 2. The lowest BCUT2D eigenvalue weighted by Crippen LogP contribution is -2.37. The molecule has 2 aromatic carbocycles. The molecule has 31 heavy (non-hydrogen) atoms. The quantitative estimate of drug-likeness (QED) is 0.342. The lowest BCUT2D eigenvalue weighted by atomic mass is 9.96. The minimum Gasteiger partial charge on any atom is -0.481 e. The van der Waals surface area contributed by atoms with Crippen LogP contribution in [-0.2, 0) is 4.74 Å². The molecule has 1 atom stereocenters. The van der Waals surface area contributed by atoms with Crippen molar-refractivity contribution in [3.63, 3.8) is 0 Å². The van der Waals surface area contributed by atoms with Gasteiger partial charge in [0.1, 0.15) is 18.2 Å². The molecule has 1 aliphatic carbocycles. The standard InChI is InChI=1S/C24H27N3O3S/c25-23(26)22-14-18-19(12-7-13-21(18)31-22)30-20(16-8-3-1-4-9-16)15-29-24(28)27-17-10-5-2-6-11-17/h1,3-4,7-9,12-14,17,20H,2,5-6,10-11,15H2,(H3,25,26)(H,27,28). The van der Waals surface area contributed by atoms with Crippen LogP contribution < -0.4 is 15.8 Å². The Balaban J connectivity index is 1.50. The van der Waals surface area contributed by atoms with E-state index in [1.165, 1.54) is 17.8 Å². The summed E-state index contributed by atoms with van der Waals surface area (Å²) in [6, 6.07) is 17.6. The van der Waals surface area contributed by atoms with Gasteiger partial charge >= 0.3 is 6.09 Å². The van der Waals surface area contributed by atoms with Gasteiger partial charge in [0.2, 0.25) is 0 Å². The summed E-state index contributed by atoms with van der Waals surface area (Å²) in [4.78, 5) is 13.1. The number of benzene rings is 2. The molecule has 0 bridgehead atoms. The van der Waals surface area contributed by atoms with Gasteiger partial charge in [-0.2, -0.15) is 0 Å². The third kappa shape index (κ3) is 5.35. The highest BCUT2D eigenvalue weighted by Crippen LogP contribution is 2.35. The molecule has 3 aromatic rings. The summed E-state index contributed by atoms with van der Waals surface area (Å²) < 4.78 is 12.9. The van der Waals surface area contributed by atoms with E-state index < -0.39 is 12.2 Å². The van der Waals surface area contributed by atoms with E-state index in [0.29, 0.717) is 10.6 Å². The van der Waals surface area contributed by atoms with Crippen molar-refractivity contribution in [3.8, 4) is 5.75 Å². The van der Waals surface area contributed by atoms with Crippen LogP contribution in [0.5, 0.6) is 5.75 Å². The van der Waals surface area contributed by atoms with E-state index in [1.54, 1.807) is 0 Å². The first kappa shape index (κ1) is 21.2. The highest BCUT2D eigenvalue weighted by atomic mass is 32.1. The zero-order chi connectivity index (χ0) is 21.6. The molecule has 6 nitrogen and oxygen atoms in total. The van der Waals surface area contributed by atoms with Crippen molar-refractivity contribution in [2.24, 2.45) is 5.73 Å². The average molecular weight is 438 g/mol. The fourth-order valence-corrected chi connectivity index (χ4v) is 4.84. The van der Waals surface area contributed by atoms with Crippen LogP contribution in [0.3, 0.4) is 0 Å². The predicted molar refractivity (Wildman–Crippen MR) is 124 cm³/mol. The normalized spacial score (nSPS) is 15.4. The van der Waals surface area contributed by atoms with Gasteiger partial charge in [0.25, 0.3) is 0 Å². The third-order valence-corrected chi connectivity index (χ3v) is 6.65. The first-order valence-electron chi connectivity index (χ1n) is 10.6. The van der Waals surface area contributed by atoms with E-state index >= 15 is 0 Å². The lowest BCUT2D eigenvalue weighted by molar-refractivity contribution is 0.0796. The number of alkyl carbamates (subject to hydrolysis) is 1. The second-order valence-corrected chi connectivity index (χ2v) is 8.87. The zero-order valence-corrected chi connectivity index (χ0v) is 18.1. The van der Waals surface area contributed by atoms with Crippen molar-refractivity contribution in [2.75, 3.05) is 6.61 Å². The van der Waals surface area contributed by atoms with E-state index in [4.69, 9.17) is 20.6 Å². The van der Waals surface area contributed by atoms with Gasteiger partial charge in [-0.1, -0.05) is 55.7 Å². The third-order valence-electron chi connectivity index (χ3n) is 5.52. The molecule has 1 aromatic heterocycles. The topological polar surface area (TPSA) is 97.4 Å². The molecule has 0 radical (unpaired) electrons. The smallest absolute Gasteiger partial charge is 0.407 e.